The van der Waals surface area contributed by atoms with Gasteiger partial charge in [0, 0.05) is 13.1 Å². The normalized spacial score (nSPS) is 24.2. The van der Waals surface area contributed by atoms with Crippen molar-refractivity contribution in [3.8, 4) is 0 Å². The van der Waals surface area contributed by atoms with Crippen molar-refractivity contribution in [2.24, 2.45) is 5.92 Å². The quantitative estimate of drug-likeness (QED) is 0.899. The molecule has 1 saturated heterocycles. The second-order valence-corrected chi connectivity index (χ2v) is 6.54. The molecule has 1 atom stereocenters. The van der Waals surface area contributed by atoms with Crippen molar-refractivity contribution in [2.75, 3.05) is 18.5 Å². The van der Waals surface area contributed by atoms with E-state index in [4.69, 9.17) is 21.1 Å². The van der Waals surface area contributed by atoms with E-state index in [2.05, 4.69) is 10.4 Å². The highest BCUT2D eigenvalue weighted by molar-refractivity contribution is 6.32. The molecule has 21 heavy (non-hydrogen) atoms. The zero-order valence-electron chi connectivity index (χ0n) is 12.3. The molecule has 116 valence electrons. The molecule has 0 spiro atoms. The van der Waals surface area contributed by atoms with Crippen LogP contribution in [0.5, 0.6) is 0 Å². The Morgan fingerprint density at radius 3 is 2.90 bits per heavy atom. The zero-order valence-corrected chi connectivity index (χ0v) is 13.0. The van der Waals surface area contributed by atoms with Gasteiger partial charge in [0.2, 0.25) is 0 Å². The predicted molar refractivity (Wildman–Crippen MR) is 79.6 cm³/mol. The molecule has 1 aliphatic carbocycles. The van der Waals surface area contributed by atoms with Crippen LogP contribution >= 0.6 is 11.6 Å². The van der Waals surface area contributed by atoms with Crippen LogP contribution in [0.4, 0.5) is 5.69 Å². The minimum Gasteiger partial charge on any atom is -0.377 e. The van der Waals surface area contributed by atoms with Gasteiger partial charge >= 0.3 is 0 Å². The van der Waals surface area contributed by atoms with Gasteiger partial charge in [-0.3, -0.25) is 4.79 Å². The van der Waals surface area contributed by atoms with Crippen molar-refractivity contribution in [3.05, 3.63) is 21.6 Å². The Hall–Kier alpha value is -1.11. The fourth-order valence-corrected chi connectivity index (χ4v) is 2.57. The summed E-state index contributed by atoms with van der Waals surface area (Å²) >= 11 is 6.08. The van der Waals surface area contributed by atoms with Crippen molar-refractivity contribution in [2.45, 2.75) is 45.1 Å². The third-order valence-electron chi connectivity index (χ3n) is 3.70. The Bertz CT molecular complexity index is 583. The van der Waals surface area contributed by atoms with Crippen molar-refractivity contribution in [1.29, 1.82) is 0 Å². The maximum atomic E-state index is 12.4. The summed E-state index contributed by atoms with van der Waals surface area (Å²) in [6, 6.07) is 0. The minimum atomic E-state index is -0.569. The molecule has 1 aromatic rings. The molecule has 3 rings (SSSR count). The lowest BCUT2D eigenvalue weighted by atomic mass is 10.3. The first-order chi connectivity index (χ1) is 9.94. The van der Waals surface area contributed by atoms with E-state index in [1.807, 2.05) is 13.8 Å². The van der Waals surface area contributed by atoms with Crippen LogP contribution < -0.4 is 10.9 Å². The first-order valence-corrected chi connectivity index (χ1v) is 7.64. The van der Waals surface area contributed by atoms with Crippen LogP contribution in [0.3, 0.4) is 0 Å². The molecule has 0 aromatic carbocycles. The van der Waals surface area contributed by atoms with Gasteiger partial charge in [-0.25, -0.2) is 4.68 Å². The monoisotopic (exact) mass is 313 g/mol. The van der Waals surface area contributed by atoms with E-state index in [1.165, 1.54) is 23.7 Å². The Morgan fingerprint density at radius 2 is 2.29 bits per heavy atom. The lowest BCUT2D eigenvalue weighted by Crippen LogP contribution is -2.31. The first kappa shape index (κ1) is 14.8. The molecule has 6 nitrogen and oxygen atoms in total. The van der Waals surface area contributed by atoms with E-state index in [0.717, 1.165) is 0 Å². The molecule has 0 radical (unpaired) electrons. The highest BCUT2D eigenvalue weighted by atomic mass is 35.5. The highest BCUT2D eigenvalue weighted by Crippen LogP contribution is 2.30. The Morgan fingerprint density at radius 1 is 1.52 bits per heavy atom. The van der Waals surface area contributed by atoms with Crippen LogP contribution in [0.2, 0.25) is 5.02 Å². The smallest absolute Gasteiger partial charge is 0.291 e. The van der Waals surface area contributed by atoms with E-state index in [9.17, 15) is 4.79 Å². The van der Waals surface area contributed by atoms with Crippen LogP contribution in [0.15, 0.2) is 11.0 Å². The fraction of sp³-hybridized carbons (Fsp3) is 0.714. The average Bonchev–Trinajstić information content (AvgIpc) is 3.16. The lowest BCUT2D eigenvalue weighted by Gasteiger charge is -2.17. The molecule has 1 aromatic heterocycles. The van der Waals surface area contributed by atoms with Crippen LogP contribution in [-0.2, 0) is 16.0 Å². The van der Waals surface area contributed by atoms with Gasteiger partial charge in [-0.1, -0.05) is 11.6 Å². The summed E-state index contributed by atoms with van der Waals surface area (Å²) in [5.74, 6) is 0.0113. The molecule has 1 saturated carbocycles. The molecule has 1 aliphatic heterocycles. The Balaban J connectivity index is 1.68. The molecule has 2 heterocycles. The predicted octanol–water partition coefficient (Wildman–Crippen LogP) is 1.87. The van der Waals surface area contributed by atoms with Gasteiger partial charge in [0.05, 0.1) is 17.8 Å². The standard InChI is InChI=1S/C14H20ClN3O3/c1-14(2)20-8-10(21-14)5-16-12-11(15)6-17-18(13(12)19)7-9-3-4-9/h6,9-10,16H,3-5,7-8H2,1-2H3. The number of hydrogen-bond acceptors (Lipinski definition) is 5. The number of hydrogen-bond donors (Lipinski definition) is 1. The number of aromatic nitrogens is 2. The van der Waals surface area contributed by atoms with E-state index >= 15 is 0 Å². The maximum Gasteiger partial charge on any atom is 0.291 e. The number of nitrogens with zero attached hydrogens (tertiary/aromatic N) is 2. The minimum absolute atomic E-state index is 0.0967. The molecule has 0 bridgehead atoms. The second kappa shape index (κ2) is 5.59. The molecule has 7 heteroatoms. The highest BCUT2D eigenvalue weighted by Gasteiger charge is 2.32. The van der Waals surface area contributed by atoms with E-state index < -0.39 is 5.79 Å². The van der Waals surface area contributed by atoms with Gasteiger partial charge in [-0.05, 0) is 32.6 Å². The summed E-state index contributed by atoms with van der Waals surface area (Å²) in [4.78, 5) is 12.4. The number of anilines is 1. The van der Waals surface area contributed by atoms with Crippen LogP contribution in [0, 0.1) is 5.92 Å². The SMILES string of the molecule is CC1(C)OCC(CNc2c(Cl)cnn(CC3CC3)c2=O)O1. The van der Waals surface area contributed by atoms with Crippen molar-refractivity contribution in [1.82, 2.24) is 9.78 Å². The van der Waals surface area contributed by atoms with E-state index in [1.54, 1.807) is 0 Å². The molecule has 1 N–H and O–H groups in total. The molecule has 2 aliphatic rings. The Kier molecular flexibility index (Phi) is 3.94. The van der Waals surface area contributed by atoms with Crippen LogP contribution in [0.25, 0.3) is 0 Å². The van der Waals surface area contributed by atoms with Gasteiger partial charge in [-0.2, -0.15) is 5.10 Å². The van der Waals surface area contributed by atoms with Crippen molar-refractivity contribution >= 4 is 17.3 Å². The van der Waals surface area contributed by atoms with Gasteiger partial charge in [0.1, 0.15) is 11.8 Å². The van der Waals surface area contributed by atoms with E-state index in [0.29, 0.717) is 36.3 Å². The fourth-order valence-electron chi connectivity index (χ4n) is 2.38. The number of nitrogens with one attached hydrogen (secondary N) is 1. The Labute approximate surface area is 128 Å². The molecule has 0 amide bonds. The van der Waals surface area contributed by atoms with Gasteiger partial charge < -0.3 is 14.8 Å². The van der Waals surface area contributed by atoms with Gasteiger partial charge in [0.15, 0.2) is 5.79 Å². The molecular weight excluding hydrogens is 294 g/mol. The van der Waals surface area contributed by atoms with Crippen molar-refractivity contribution < 1.29 is 9.47 Å². The molecule has 2 fully saturated rings. The second-order valence-electron chi connectivity index (χ2n) is 6.13. The first-order valence-electron chi connectivity index (χ1n) is 7.26. The molecule has 1 unspecified atom stereocenters. The zero-order chi connectivity index (χ0) is 15.0. The summed E-state index contributed by atoms with van der Waals surface area (Å²) in [6.45, 7) is 5.38. The summed E-state index contributed by atoms with van der Waals surface area (Å²) in [5, 5.41) is 7.52. The summed E-state index contributed by atoms with van der Waals surface area (Å²) in [6.07, 6.45) is 3.76. The lowest BCUT2D eigenvalue weighted by molar-refractivity contribution is -0.136. The average molecular weight is 314 g/mol. The number of rotatable bonds is 5. The summed E-state index contributed by atoms with van der Waals surface area (Å²) in [5.41, 5.74) is 0.216. The topological polar surface area (TPSA) is 65.4 Å². The van der Waals surface area contributed by atoms with Gasteiger partial charge in [0.25, 0.3) is 5.56 Å². The number of halogens is 1. The third kappa shape index (κ3) is 3.56. The number of ether oxygens (including phenoxy) is 2. The molecular formula is C14H20ClN3O3. The third-order valence-corrected chi connectivity index (χ3v) is 3.99. The van der Waals surface area contributed by atoms with E-state index in [-0.39, 0.29) is 11.7 Å². The maximum absolute atomic E-state index is 12.4. The van der Waals surface area contributed by atoms with Gasteiger partial charge in [-0.15, -0.1) is 0 Å². The largest absolute Gasteiger partial charge is 0.377 e. The summed E-state index contributed by atoms with van der Waals surface area (Å²) < 4.78 is 12.7. The van der Waals surface area contributed by atoms with Crippen LogP contribution in [0.1, 0.15) is 26.7 Å². The summed E-state index contributed by atoms with van der Waals surface area (Å²) in [7, 11) is 0. The van der Waals surface area contributed by atoms with Crippen LogP contribution in [-0.4, -0.2) is 34.8 Å². The van der Waals surface area contributed by atoms with Crippen molar-refractivity contribution in [3.63, 3.8) is 0 Å².